The van der Waals surface area contributed by atoms with Crippen LogP contribution in [0.3, 0.4) is 0 Å². The summed E-state index contributed by atoms with van der Waals surface area (Å²) < 4.78 is 11.3. The number of aromatic nitrogens is 1. The first kappa shape index (κ1) is 17.0. The molecule has 0 radical (unpaired) electrons. The van der Waals surface area contributed by atoms with Gasteiger partial charge in [-0.25, -0.2) is 0 Å². The zero-order valence-corrected chi connectivity index (χ0v) is 13.6. The molecular formula is C19H23NO3. The van der Waals surface area contributed by atoms with Gasteiger partial charge in [-0.3, -0.25) is 9.78 Å². The van der Waals surface area contributed by atoms with E-state index in [2.05, 4.69) is 4.98 Å². The van der Waals surface area contributed by atoms with Crippen molar-refractivity contribution in [3.63, 3.8) is 0 Å². The third-order valence-corrected chi connectivity index (χ3v) is 3.45. The summed E-state index contributed by atoms with van der Waals surface area (Å²) in [7, 11) is 0. The third-order valence-electron chi connectivity index (χ3n) is 3.45. The molecular weight excluding hydrogens is 290 g/mol. The number of pyridine rings is 1. The van der Waals surface area contributed by atoms with Gasteiger partial charge in [-0.2, -0.15) is 0 Å². The molecule has 0 fully saturated rings. The standard InChI is InChI=1S/C19H23NO3/c1-3-8-18(22-17-10-5-4-6-11-17)23-19(21)15(2)13-16-9-7-12-20-14-16/h4-7,9-12,14-15,18H,3,8,13H2,1-2H3. The number of hydrogen-bond donors (Lipinski definition) is 0. The largest absolute Gasteiger partial charge is 0.455 e. The number of hydrogen-bond acceptors (Lipinski definition) is 4. The van der Waals surface area contributed by atoms with E-state index < -0.39 is 6.29 Å². The molecule has 0 bridgehead atoms. The smallest absolute Gasteiger partial charge is 0.312 e. The fourth-order valence-electron chi connectivity index (χ4n) is 2.23. The van der Waals surface area contributed by atoms with E-state index in [1.807, 2.05) is 56.3 Å². The van der Waals surface area contributed by atoms with Crippen LogP contribution in [0.1, 0.15) is 32.3 Å². The lowest BCUT2D eigenvalue weighted by molar-refractivity contribution is -0.169. The van der Waals surface area contributed by atoms with Crippen LogP contribution >= 0.6 is 0 Å². The number of rotatable bonds is 8. The van der Waals surface area contributed by atoms with Crippen molar-refractivity contribution < 1.29 is 14.3 Å². The van der Waals surface area contributed by atoms with Gasteiger partial charge in [0.05, 0.1) is 5.92 Å². The second-order valence-corrected chi connectivity index (χ2v) is 5.55. The molecule has 2 aromatic rings. The van der Waals surface area contributed by atoms with E-state index in [4.69, 9.17) is 9.47 Å². The molecule has 2 unspecified atom stereocenters. The third kappa shape index (κ3) is 5.74. The summed E-state index contributed by atoms with van der Waals surface area (Å²) >= 11 is 0. The second kappa shape index (κ2) is 8.93. The molecule has 0 aliphatic heterocycles. The van der Waals surface area contributed by atoms with Crippen molar-refractivity contribution >= 4 is 5.97 Å². The van der Waals surface area contributed by atoms with Gasteiger partial charge in [0.15, 0.2) is 0 Å². The number of nitrogens with zero attached hydrogens (tertiary/aromatic N) is 1. The average molecular weight is 313 g/mol. The average Bonchev–Trinajstić information content (AvgIpc) is 2.57. The van der Waals surface area contributed by atoms with E-state index in [-0.39, 0.29) is 11.9 Å². The quantitative estimate of drug-likeness (QED) is 0.546. The van der Waals surface area contributed by atoms with Gasteiger partial charge in [-0.15, -0.1) is 0 Å². The number of ether oxygens (including phenoxy) is 2. The van der Waals surface area contributed by atoms with Gasteiger partial charge in [0.1, 0.15) is 5.75 Å². The van der Waals surface area contributed by atoms with E-state index in [1.54, 1.807) is 12.4 Å². The molecule has 1 heterocycles. The van der Waals surface area contributed by atoms with Crippen molar-refractivity contribution in [1.82, 2.24) is 4.98 Å². The van der Waals surface area contributed by atoms with Gasteiger partial charge in [-0.1, -0.05) is 38.1 Å². The topological polar surface area (TPSA) is 48.4 Å². The van der Waals surface area contributed by atoms with E-state index >= 15 is 0 Å². The first-order chi connectivity index (χ1) is 11.2. The zero-order valence-electron chi connectivity index (χ0n) is 13.6. The summed E-state index contributed by atoms with van der Waals surface area (Å²) in [6.45, 7) is 3.90. The van der Waals surface area contributed by atoms with E-state index in [1.165, 1.54) is 0 Å². The normalized spacial score (nSPS) is 13.1. The summed E-state index contributed by atoms with van der Waals surface area (Å²) in [4.78, 5) is 16.4. The first-order valence-electron chi connectivity index (χ1n) is 8.00. The van der Waals surface area contributed by atoms with Crippen LogP contribution in [0.4, 0.5) is 0 Å². The summed E-state index contributed by atoms with van der Waals surface area (Å²) in [5.74, 6) is 0.222. The molecule has 122 valence electrons. The van der Waals surface area contributed by atoms with Crippen molar-refractivity contribution in [2.45, 2.75) is 39.4 Å². The molecule has 0 N–H and O–H groups in total. The lowest BCUT2D eigenvalue weighted by Crippen LogP contribution is -2.28. The SMILES string of the molecule is CCCC(OC(=O)C(C)Cc1cccnc1)Oc1ccccc1. The van der Waals surface area contributed by atoms with E-state index in [9.17, 15) is 4.79 Å². The Bertz CT molecular complexity index is 586. The lowest BCUT2D eigenvalue weighted by Gasteiger charge is -2.21. The van der Waals surface area contributed by atoms with Crippen molar-refractivity contribution in [3.05, 3.63) is 60.4 Å². The number of carbonyl (C=O) groups excluding carboxylic acids is 1. The molecule has 0 aliphatic carbocycles. The van der Waals surface area contributed by atoms with Gasteiger partial charge in [0.25, 0.3) is 0 Å². The van der Waals surface area contributed by atoms with Gasteiger partial charge >= 0.3 is 5.97 Å². The summed E-state index contributed by atoms with van der Waals surface area (Å²) in [5.41, 5.74) is 1.02. The Labute approximate surface area is 137 Å². The van der Waals surface area contributed by atoms with Crippen LogP contribution in [0.5, 0.6) is 5.75 Å². The van der Waals surface area contributed by atoms with Crippen LogP contribution in [-0.4, -0.2) is 17.2 Å². The highest BCUT2D eigenvalue weighted by Crippen LogP contribution is 2.17. The highest BCUT2D eigenvalue weighted by Gasteiger charge is 2.21. The number of esters is 1. The van der Waals surface area contributed by atoms with Crippen LogP contribution in [0, 0.1) is 5.92 Å². The maximum atomic E-state index is 12.3. The first-order valence-corrected chi connectivity index (χ1v) is 8.00. The van der Waals surface area contributed by atoms with Crippen molar-refractivity contribution in [2.24, 2.45) is 5.92 Å². The molecule has 1 aromatic heterocycles. The van der Waals surface area contributed by atoms with Crippen LogP contribution < -0.4 is 4.74 Å². The van der Waals surface area contributed by atoms with Crippen LogP contribution in [0.15, 0.2) is 54.9 Å². The Balaban J connectivity index is 1.91. The maximum Gasteiger partial charge on any atom is 0.312 e. The maximum absolute atomic E-state index is 12.3. The molecule has 4 nitrogen and oxygen atoms in total. The van der Waals surface area contributed by atoms with Gasteiger partial charge in [0.2, 0.25) is 6.29 Å². The van der Waals surface area contributed by atoms with Gasteiger partial charge < -0.3 is 9.47 Å². The Morgan fingerprint density at radius 3 is 2.61 bits per heavy atom. The Hall–Kier alpha value is -2.36. The fraction of sp³-hybridized carbons (Fsp3) is 0.368. The number of para-hydroxylation sites is 1. The lowest BCUT2D eigenvalue weighted by atomic mass is 10.0. The monoisotopic (exact) mass is 313 g/mol. The van der Waals surface area contributed by atoms with Crippen LogP contribution in [0.25, 0.3) is 0 Å². The molecule has 0 saturated carbocycles. The Kier molecular flexibility index (Phi) is 6.60. The highest BCUT2D eigenvalue weighted by molar-refractivity contribution is 5.72. The summed E-state index contributed by atoms with van der Waals surface area (Å²) in [5, 5.41) is 0. The number of benzene rings is 1. The predicted octanol–water partition coefficient (Wildman–Crippen LogP) is 4.01. The minimum Gasteiger partial charge on any atom is -0.455 e. The van der Waals surface area contributed by atoms with Gasteiger partial charge in [0, 0.05) is 18.8 Å². The molecule has 1 aromatic carbocycles. The van der Waals surface area contributed by atoms with E-state index in [0.29, 0.717) is 18.6 Å². The van der Waals surface area contributed by atoms with Gasteiger partial charge in [-0.05, 0) is 36.6 Å². The molecule has 0 saturated heterocycles. The summed E-state index contributed by atoms with van der Waals surface area (Å²) in [6.07, 6.45) is 5.09. The summed E-state index contributed by atoms with van der Waals surface area (Å²) in [6, 6.07) is 13.2. The molecule has 2 rings (SSSR count). The van der Waals surface area contributed by atoms with Crippen LogP contribution in [0.2, 0.25) is 0 Å². The Morgan fingerprint density at radius 1 is 1.17 bits per heavy atom. The molecule has 0 aliphatic rings. The highest BCUT2D eigenvalue weighted by atomic mass is 16.7. The minimum atomic E-state index is -0.550. The second-order valence-electron chi connectivity index (χ2n) is 5.55. The molecule has 0 amide bonds. The van der Waals surface area contributed by atoms with Crippen molar-refractivity contribution in [2.75, 3.05) is 0 Å². The van der Waals surface area contributed by atoms with Crippen molar-refractivity contribution in [1.29, 1.82) is 0 Å². The molecule has 4 heteroatoms. The van der Waals surface area contributed by atoms with E-state index in [0.717, 1.165) is 12.0 Å². The fourth-order valence-corrected chi connectivity index (χ4v) is 2.23. The Morgan fingerprint density at radius 2 is 1.96 bits per heavy atom. The molecule has 2 atom stereocenters. The number of carbonyl (C=O) groups is 1. The zero-order chi connectivity index (χ0) is 16.5. The molecule has 0 spiro atoms. The molecule has 23 heavy (non-hydrogen) atoms. The predicted molar refractivity (Wildman–Crippen MR) is 89.0 cm³/mol. The van der Waals surface area contributed by atoms with Crippen LogP contribution in [-0.2, 0) is 16.0 Å². The minimum absolute atomic E-state index is 0.238. The van der Waals surface area contributed by atoms with Crippen molar-refractivity contribution in [3.8, 4) is 5.75 Å².